The Labute approximate surface area is 119 Å². The first-order valence-corrected chi connectivity index (χ1v) is 6.65. The van der Waals surface area contributed by atoms with Gasteiger partial charge in [0.2, 0.25) is 0 Å². The molecule has 0 saturated heterocycles. The van der Waals surface area contributed by atoms with E-state index in [1.807, 2.05) is 13.0 Å². The second-order valence-electron chi connectivity index (χ2n) is 3.76. The number of hydrogen-bond acceptors (Lipinski definition) is 4. The first-order chi connectivity index (χ1) is 9.08. The van der Waals surface area contributed by atoms with Crippen LogP contribution in [0, 0.1) is 0 Å². The highest BCUT2D eigenvalue weighted by Gasteiger charge is 2.08. The summed E-state index contributed by atoms with van der Waals surface area (Å²) in [5.74, 6) is -0.991. The summed E-state index contributed by atoms with van der Waals surface area (Å²) >= 11 is 7.27. The number of halogens is 1. The molecule has 1 aromatic carbocycles. The van der Waals surface area contributed by atoms with Crippen molar-refractivity contribution in [2.45, 2.75) is 6.92 Å². The highest BCUT2D eigenvalue weighted by Crippen LogP contribution is 2.22. The summed E-state index contributed by atoms with van der Waals surface area (Å²) in [6, 6.07) is 10.3. The Morgan fingerprint density at radius 2 is 2.05 bits per heavy atom. The number of aromatic carboxylic acids is 1. The summed E-state index contributed by atoms with van der Waals surface area (Å²) < 4.78 is 0.690. The van der Waals surface area contributed by atoms with Crippen LogP contribution in [-0.4, -0.2) is 16.8 Å². The number of nitrogens with one attached hydrogen (secondary N) is 1. The molecule has 1 heterocycles. The van der Waals surface area contributed by atoms with Crippen LogP contribution in [-0.2, 0) is 0 Å². The smallest absolute Gasteiger partial charge is 0.337 e. The number of hydrazone groups is 1. The molecule has 6 heteroatoms. The van der Waals surface area contributed by atoms with Crippen LogP contribution in [0.15, 0.2) is 41.5 Å². The number of anilines is 1. The first-order valence-electron chi connectivity index (χ1n) is 5.46. The summed E-state index contributed by atoms with van der Waals surface area (Å²) in [5, 5.41) is 13.2. The van der Waals surface area contributed by atoms with E-state index in [9.17, 15) is 4.79 Å². The van der Waals surface area contributed by atoms with Crippen molar-refractivity contribution < 1.29 is 9.90 Å². The maximum atomic E-state index is 11.0. The lowest BCUT2D eigenvalue weighted by Crippen LogP contribution is -2.04. The number of thiophene rings is 1. The maximum Gasteiger partial charge on any atom is 0.337 e. The quantitative estimate of drug-likeness (QED) is 0.663. The number of carboxylic acid groups (broad SMARTS) is 1. The zero-order valence-electron chi connectivity index (χ0n) is 10.1. The van der Waals surface area contributed by atoms with Crippen LogP contribution in [0.1, 0.15) is 22.2 Å². The predicted octanol–water partition coefficient (Wildman–Crippen LogP) is 3.94. The predicted molar refractivity (Wildman–Crippen MR) is 78.6 cm³/mol. The first kappa shape index (κ1) is 13.6. The SMILES string of the molecule is C/C(=N\Nc1ccccc1C(=O)O)c1ccc(Cl)s1. The average Bonchev–Trinajstić information content (AvgIpc) is 2.83. The van der Waals surface area contributed by atoms with Crippen LogP contribution in [0.4, 0.5) is 5.69 Å². The summed E-state index contributed by atoms with van der Waals surface area (Å²) in [7, 11) is 0. The summed E-state index contributed by atoms with van der Waals surface area (Å²) in [4.78, 5) is 12.0. The van der Waals surface area contributed by atoms with E-state index in [1.165, 1.54) is 17.4 Å². The highest BCUT2D eigenvalue weighted by atomic mass is 35.5. The van der Waals surface area contributed by atoms with E-state index in [2.05, 4.69) is 10.5 Å². The molecule has 0 fully saturated rings. The molecule has 0 aliphatic heterocycles. The van der Waals surface area contributed by atoms with E-state index in [0.29, 0.717) is 10.0 Å². The Hall–Kier alpha value is -1.85. The molecule has 4 nitrogen and oxygen atoms in total. The molecular formula is C13H11ClN2O2S. The fourth-order valence-corrected chi connectivity index (χ4v) is 2.46. The average molecular weight is 295 g/mol. The Morgan fingerprint density at radius 3 is 2.68 bits per heavy atom. The number of para-hydroxylation sites is 1. The van der Waals surface area contributed by atoms with Crippen molar-refractivity contribution in [3.05, 3.63) is 51.2 Å². The molecule has 98 valence electrons. The van der Waals surface area contributed by atoms with Crippen LogP contribution < -0.4 is 5.43 Å². The maximum absolute atomic E-state index is 11.0. The molecule has 2 aromatic rings. The molecule has 0 atom stereocenters. The summed E-state index contributed by atoms with van der Waals surface area (Å²) in [6.07, 6.45) is 0. The van der Waals surface area contributed by atoms with Gasteiger partial charge in [0.05, 0.1) is 26.2 Å². The van der Waals surface area contributed by atoms with Gasteiger partial charge in [0.15, 0.2) is 0 Å². The Morgan fingerprint density at radius 1 is 1.32 bits per heavy atom. The van der Waals surface area contributed by atoms with Gasteiger partial charge in [0.25, 0.3) is 0 Å². The summed E-state index contributed by atoms with van der Waals surface area (Å²) in [5.41, 5.74) is 4.16. The molecule has 0 aliphatic carbocycles. The second-order valence-corrected chi connectivity index (χ2v) is 5.48. The normalized spacial score (nSPS) is 11.4. The molecule has 0 amide bonds. The van der Waals surface area contributed by atoms with Gasteiger partial charge < -0.3 is 5.11 Å². The molecule has 0 aliphatic rings. The molecule has 2 rings (SSSR count). The van der Waals surface area contributed by atoms with Crippen molar-refractivity contribution in [2.24, 2.45) is 5.10 Å². The van der Waals surface area contributed by atoms with Crippen molar-refractivity contribution >= 4 is 40.3 Å². The zero-order chi connectivity index (χ0) is 13.8. The van der Waals surface area contributed by atoms with Gasteiger partial charge in [0, 0.05) is 0 Å². The van der Waals surface area contributed by atoms with E-state index in [0.717, 1.165) is 10.6 Å². The minimum Gasteiger partial charge on any atom is -0.478 e. The van der Waals surface area contributed by atoms with Crippen LogP contribution in [0.5, 0.6) is 0 Å². The number of nitrogens with zero attached hydrogens (tertiary/aromatic N) is 1. The number of rotatable bonds is 4. The number of carbonyl (C=O) groups is 1. The number of benzene rings is 1. The van der Waals surface area contributed by atoms with Crippen molar-refractivity contribution in [1.29, 1.82) is 0 Å². The Bertz CT molecular complexity index is 637. The Kier molecular flexibility index (Phi) is 4.19. The van der Waals surface area contributed by atoms with Crippen LogP contribution >= 0.6 is 22.9 Å². The lowest BCUT2D eigenvalue weighted by Gasteiger charge is -2.05. The topological polar surface area (TPSA) is 61.7 Å². The minimum absolute atomic E-state index is 0.184. The van der Waals surface area contributed by atoms with Crippen molar-refractivity contribution in [2.75, 3.05) is 5.43 Å². The second kappa shape index (κ2) is 5.86. The van der Waals surface area contributed by atoms with Gasteiger partial charge in [-0.25, -0.2) is 4.79 Å². The third-order valence-electron chi connectivity index (χ3n) is 2.43. The van der Waals surface area contributed by atoms with E-state index in [-0.39, 0.29) is 5.56 Å². The van der Waals surface area contributed by atoms with E-state index in [1.54, 1.807) is 24.3 Å². The van der Waals surface area contributed by atoms with Gasteiger partial charge in [-0.3, -0.25) is 5.43 Å². The van der Waals surface area contributed by atoms with Crippen LogP contribution in [0.3, 0.4) is 0 Å². The van der Waals surface area contributed by atoms with E-state index in [4.69, 9.17) is 16.7 Å². The monoisotopic (exact) mass is 294 g/mol. The van der Waals surface area contributed by atoms with Crippen LogP contribution in [0.2, 0.25) is 4.34 Å². The van der Waals surface area contributed by atoms with Gasteiger partial charge in [-0.15, -0.1) is 11.3 Å². The Balaban J connectivity index is 2.20. The van der Waals surface area contributed by atoms with Crippen molar-refractivity contribution in [3.8, 4) is 0 Å². The molecular weight excluding hydrogens is 284 g/mol. The highest BCUT2D eigenvalue weighted by molar-refractivity contribution is 7.18. The third kappa shape index (κ3) is 3.33. The van der Waals surface area contributed by atoms with Crippen LogP contribution in [0.25, 0.3) is 0 Å². The molecule has 0 spiro atoms. The lowest BCUT2D eigenvalue weighted by molar-refractivity contribution is 0.0698. The van der Waals surface area contributed by atoms with Crippen molar-refractivity contribution in [1.82, 2.24) is 0 Å². The molecule has 0 bridgehead atoms. The number of carboxylic acids is 1. The largest absolute Gasteiger partial charge is 0.478 e. The molecule has 19 heavy (non-hydrogen) atoms. The molecule has 0 radical (unpaired) electrons. The van der Waals surface area contributed by atoms with Gasteiger partial charge >= 0.3 is 5.97 Å². The van der Waals surface area contributed by atoms with Gasteiger partial charge in [-0.05, 0) is 31.2 Å². The number of hydrogen-bond donors (Lipinski definition) is 2. The van der Waals surface area contributed by atoms with Gasteiger partial charge in [0.1, 0.15) is 0 Å². The third-order valence-corrected chi connectivity index (χ3v) is 3.77. The molecule has 0 saturated carbocycles. The lowest BCUT2D eigenvalue weighted by atomic mass is 10.2. The fraction of sp³-hybridized carbons (Fsp3) is 0.0769. The standard InChI is InChI=1S/C13H11ClN2O2S/c1-8(11-6-7-12(14)19-11)15-16-10-5-3-2-4-9(10)13(17)18/h2-7,16H,1H3,(H,17,18)/b15-8+. The van der Waals surface area contributed by atoms with E-state index >= 15 is 0 Å². The van der Waals surface area contributed by atoms with Crippen molar-refractivity contribution in [3.63, 3.8) is 0 Å². The molecule has 2 N–H and O–H groups in total. The molecule has 0 unspecified atom stereocenters. The summed E-state index contributed by atoms with van der Waals surface area (Å²) in [6.45, 7) is 1.83. The minimum atomic E-state index is -0.991. The zero-order valence-corrected chi connectivity index (χ0v) is 11.6. The van der Waals surface area contributed by atoms with Gasteiger partial charge in [-0.1, -0.05) is 23.7 Å². The fourth-order valence-electron chi connectivity index (χ4n) is 1.48. The molecule has 1 aromatic heterocycles. The van der Waals surface area contributed by atoms with Gasteiger partial charge in [-0.2, -0.15) is 5.10 Å². The van der Waals surface area contributed by atoms with E-state index < -0.39 is 5.97 Å².